The third kappa shape index (κ3) is 5.30. The molecule has 1 aromatic rings. The first-order valence-electron chi connectivity index (χ1n) is 6.69. The van der Waals surface area contributed by atoms with E-state index < -0.39 is 5.97 Å². The van der Waals surface area contributed by atoms with E-state index in [0.717, 1.165) is 5.56 Å². The summed E-state index contributed by atoms with van der Waals surface area (Å²) >= 11 is 0. The van der Waals surface area contributed by atoms with Gasteiger partial charge in [-0.1, -0.05) is 12.1 Å². The molecule has 5 nitrogen and oxygen atoms in total. The summed E-state index contributed by atoms with van der Waals surface area (Å²) in [6, 6.07) is 6.62. The summed E-state index contributed by atoms with van der Waals surface area (Å²) in [5, 5.41) is 18.0. The quantitative estimate of drug-likeness (QED) is 0.800. The van der Waals surface area contributed by atoms with Crippen molar-refractivity contribution in [3.05, 3.63) is 29.8 Å². The summed E-state index contributed by atoms with van der Waals surface area (Å²) in [5.41, 5.74) is 0.749. The number of phenols is 1. The van der Waals surface area contributed by atoms with Gasteiger partial charge in [0.1, 0.15) is 5.75 Å². The average Bonchev–Trinajstić information content (AvgIpc) is 2.33. The Bertz CT molecular complexity index is 471. The number of aromatic hydroxyl groups is 1. The minimum absolute atomic E-state index is 0.0219. The second kappa shape index (κ2) is 7.53. The standard InChI is InChI=1S/C15H21NO4/c1-11(2)16(8-4-7-15(19)20)14(18)10-12-5-3-6-13(17)9-12/h3,5-6,9,11,17H,4,7-8,10H2,1-2H3,(H,19,20). The van der Waals surface area contributed by atoms with Gasteiger partial charge < -0.3 is 15.1 Å². The van der Waals surface area contributed by atoms with Gasteiger partial charge in [0.25, 0.3) is 0 Å². The topological polar surface area (TPSA) is 77.8 Å². The van der Waals surface area contributed by atoms with Crippen molar-refractivity contribution in [1.29, 1.82) is 0 Å². The summed E-state index contributed by atoms with van der Waals surface area (Å²) < 4.78 is 0. The lowest BCUT2D eigenvalue weighted by molar-refractivity contribution is -0.138. The van der Waals surface area contributed by atoms with E-state index in [0.29, 0.717) is 13.0 Å². The Morgan fingerprint density at radius 2 is 2.00 bits per heavy atom. The highest BCUT2D eigenvalue weighted by atomic mass is 16.4. The normalized spacial score (nSPS) is 10.6. The lowest BCUT2D eigenvalue weighted by atomic mass is 10.1. The van der Waals surface area contributed by atoms with Crippen LogP contribution < -0.4 is 0 Å². The first-order chi connectivity index (χ1) is 9.40. The van der Waals surface area contributed by atoms with Gasteiger partial charge in [0.15, 0.2) is 0 Å². The molecule has 0 saturated carbocycles. The van der Waals surface area contributed by atoms with E-state index in [-0.39, 0.29) is 30.5 Å². The Morgan fingerprint density at radius 1 is 1.30 bits per heavy atom. The van der Waals surface area contributed by atoms with Crippen molar-refractivity contribution in [3.8, 4) is 5.75 Å². The van der Waals surface area contributed by atoms with Gasteiger partial charge in [0.2, 0.25) is 5.91 Å². The maximum Gasteiger partial charge on any atom is 0.303 e. The van der Waals surface area contributed by atoms with Crippen LogP contribution in [0.4, 0.5) is 0 Å². The van der Waals surface area contributed by atoms with Gasteiger partial charge in [-0.15, -0.1) is 0 Å². The molecule has 2 N–H and O–H groups in total. The third-order valence-electron chi connectivity index (χ3n) is 3.00. The second-order valence-electron chi connectivity index (χ2n) is 5.02. The van der Waals surface area contributed by atoms with Gasteiger partial charge in [-0.2, -0.15) is 0 Å². The summed E-state index contributed by atoms with van der Waals surface area (Å²) in [6.07, 6.45) is 0.710. The fourth-order valence-corrected chi connectivity index (χ4v) is 2.01. The summed E-state index contributed by atoms with van der Waals surface area (Å²) in [4.78, 5) is 24.4. The van der Waals surface area contributed by atoms with Gasteiger partial charge in [-0.3, -0.25) is 9.59 Å². The van der Waals surface area contributed by atoms with Crippen molar-refractivity contribution in [2.24, 2.45) is 0 Å². The van der Waals surface area contributed by atoms with Crippen LogP contribution in [0.3, 0.4) is 0 Å². The van der Waals surface area contributed by atoms with Crippen molar-refractivity contribution in [3.63, 3.8) is 0 Å². The Hall–Kier alpha value is -2.04. The number of hydrogen-bond donors (Lipinski definition) is 2. The molecule has 0 heterocycles. The van der Waals surface area contributed by atoms with Crippen LogP contribution in [0.2, 0.25) is 0 Å². The molecular weight excluding hydrogens is 258 g/mol. The van der Waals surface area contributed by atoms with Gasteiger partial charge in [0, 0.05) is 19.0 Å². The highest BCUT2D eigenvalue weighted by molar-refractivity contribution is 5.79. The number of rotatable bonds is 7. The number of phenolic OH excluding ortho intramolecular Hbond substituents is 1. The summed E-state index contributed by atoms with van der Waals surface area (Å²) in [5.74, 6) is -0.776. The number of benzene rings is 1. The molecule has 0 atom stereocenters. The molecule has 0 spiro atoms. The van der Waals surface area contributed by atoms with E-state index in [9.17, 15) is 14.7 Å². The molecule has 0 bridgehead atoms. The smallest absolute Gasteiger partial charge is 0.303 e. The Labute approximate surface area is 118 Å². The van der Waals surface area contributed by atoms with Crippen LogP contribution in [0.1, 0.15) is 32.3 Å². The number of nitrogens with zero attached hydrogens (tertiary/aromatic N) is 1. The van der Waals surface area contributed by atoms with Crippen molar-refractivity contribution in [2.75, 3.05) is 6.54 Å². The maximum atomic E-state index is 12.2. The van der Waals surface area contributed by atoms with Crippen molar-refractivity contribution in [1.82, 2.24) is 4.90 Å². The molecule has 0 aromatic heterocycles. The number of hydrogen-bond acceptors (Lipinski definition) is 3. The van der Waals surface area contributed by atoms with Gasteiger partial charge in [-0.05, 0) is 38.0 Å². The maximum absolute atomic E-state index is 12.2. The van der Waals surface area contributed by atoms with Crippen LogP contribution in [0, 0.1) is 0 Å². The number of carbonyl (C=O) groups is 2. The number of aliphatic carboxylic acids is 1. The SMILES string of the molecule is CC(C)N(CCCC(=O)O)C(=O)Cc1cccc(O)c1. The molecule has 0 aliphatic rings. The van der Waals surface area contributed by atoms with Crippen LogP contribution in [0.15, 0.2) is 24.3 Å². The number of carboxylic acids is 1. The van der Waals surface area contributed by atoms with E-state index in [4.69, 9.17) is 5.11 Å². The fraction of sp³-hybridized carbons (Fsp3) is 0.467. The van der Waals surface area contributed by atoms with Gasteiger partial charge in [0.05, 0.1) is 6.42 Å². The molecule has 0 aliphatic carbocycles. The Balaban J connectivity index is 2.62. The number of carboxylic acid groups (broad SMARTS) is 1. The van der Waals surface area contributed by atoms with E-state index in [1.807, 2.05) is 13.8 Å². The van der Waals surface area contributed by atoms with Crippen molar-refractivity contribution in [2.45, 2.75) is 39.2 Å². The van der Waals surface area contributed by atoms with Crippen LogP contribution in [0.5, 0.6) is 5.75 Å². The number of carbonyl (C=O) groups excluding carboxylic acids is 1. The molecule has 1 amide bonds. The van der Waals surface area contributed by atoms with E-state index in [1.165, 1.54) is 0 Å². The minimum atomic E-state index is -0.853. The first-order valence-corrected chi connectivity index (χ1v) is 6.69. The van der Waals surface area contributed by atoms with Crippen LogP contribution in [0.25, 0.3) is 0 Å². The molecule has 110 valence electrons. The summed E-state index contributed by atoms with van der Waals surface area (Å²) in [6.45, 7) is 4.24. The van der Waals surface area contributed by atoms with E-state index in [2.05, 4.69) is 0 Å². The van der Waals surface area contributed by atoms with Crippen molar-refractivity contribution < 1.29 is 19.8 Å². The zero-order valence-electron chi connectivity index (χ0n) is 11.9. The van der Waals surface area contributed by atoms with Crippen LogP contribution in [-0.4, -0.2) is 39.6 Å². The number of amides is 1. The molecule has 0 unspecified atom stereocenters. The van der Waals surface area contributed by atoms with Crippen molar-refractivity contribution >= 4 is 11.9 Å². The molecule has 0 saturated heterocycles. The highest BCUT2D eigenvalue weighted by Gasteiger charge is 2.17. The zero-order chi connectivity index (χ0) is 15.1. The predicted molar refractivity (Wildman–Crippen MR) is 75.5 cm³/mol. The average molecular weight is 279 g/mol. The largest absolute Gasteiger partial charge is 0.508 e. The second-order valence-corrected chi connectivity index (χ2v) is 5.02. The minimum Gasteiger partial charge on any atom is -0.508 e. The third-order valence-corrected chi connectivity index (χ3v) is 3.00. The van der Waals surface area contributed by atoms with Gasteiger partial charge >= 0.3 is 5.97 Å². The van der Waals surface area contributed by atoms with Crippen LogP contribution in [-0.2, 0) is 16.0 Å². The zero-order valence-corrected chi connectivity index (χ0v) is 11.9. The predicted octanol–water partition coefficient (Wildman–Crippen LogP) is 2.04. The van der Waals surface area contributed by atoms with Gasteiger partial charge in [-0.25, -0.2) is 0 Å². The van der Waals surface area contributed by atoms with E-state index in [1.54, 1.807) is 29.2 Å². The molecule has 0 fully saturated rings. The first kappa shape index (κ1) is 16.0. The lowest BCUT2D eigenvalue weighted by Crippen LogP contribution is -2.38. The molecule has 0 aliphatic heterocycles. The molecule has 0 radical (unpaired) electrons. The highest BCUT2D eigenvalue weighted by Crippen LogP contribution is 2.13. The monoisotopic (exact) mass is 279 g/mol. The fourth-order valence-electron chi connectivity index (χ4n) is 2.01. The van der Waals surface area contributed by atoms with E-state index >= 15 is 0 Å². The Kier molecular flexibility index (Phi) is 6.03. The molecule has 5 heteroatoms. The lowest BCUT2D eigenvalue weighted by Gasteiger charge is -2.26. The molecular formula is C15H21NO4. The molecule has 1 aromatic carbocycles. The van der Waals surface area contributed by atoms with Crippen LogP contribution >= 0.6 is 0 Å². The summed E-state index contributed by atoms with van der Waals surface area (Å²) in [7, 11) is 0. The molecule has 1 rings (SSSR count). The molecule has 20 heavy (non-hydrogen) atoms. The Morgan fingerprint density at radius 3 is 2.55 bits per heavy atom.